The van der Waals surface area contributed by atoms with E-state index in [0.29, 0.717) is 45.0 Å². The smallest absolute Gasteiger partial charge is 0.288 e. The van der Waals surface area contributed by atoms with Crippen LogP contribution in [-0.4, -0.2) is 47.9 Å². The average Bonchev–Trinajstić information content (AvgIpc) is 3.02. The van der Waals surface area contributed by atoms with Gasteiger partial charge in [-0.1, -0.05) is 34.9 Å². The normalized spacial score (nSPS) is 10.9. The molecular formula is C14H16F2N4O2S3. The molecular weight excluding hydrogens is 390 g/mol. The van der Waals surface area contributed by atoms with Gasteiger partial charge in [0.25, 0.3) is 5.76 Å². The molecule has 0 saturated carbocycles. The molecule has 2 aromatic rings. The maximum atomic E-state index is 12.3. The molecule has 11 heteroatoms. The van der Waals surface area contributed by atoms with Crippen LogP contribution in [0.3, 0.4) is 0 Å². The van der Waals surface area contributed by atoms with E-state index in [-0.39, 0.29) is 11.7 Å². The van der Waals surface area contributed by atoms with E-state index in [2.05, 4.69) is 20.8 Å². The van der Waals surface area contributed by atoms with Gasteiger partial charge in [0.1, 0.15) is 0 Å². The molecule has 2 N–H and O–H groups in total. The van der Waals surface area contributed by atoms with Crippen molar-refractivity contribution in [3.05, 3.63) is 24.3 Å². The first kappa shape index (κ1) is 19.9. The van der Waals surface area contributed by atoms with Crippen LogP contribution in [0.5, 0.6) is 0 Å². The zero-order valence-electron chi connectivity index (χ0n) is 13.2. The van der Waals surface area contributed by atoms with Crippen LogP contribution in [0, 0.1) is 0 Å². The van der Waals surface area contributed by atoms with Gasteiger partial charge in [0, 0.05) is 24.2 Å². The van der Waals surface area contributed by atoms with Gasteiger partial charge in [-0.15, -0.1) is 10.2 Å². The number of anilines is 2. The molecule has 1 aromatic heterocycles. The SMILES string of the molecule is COCCNc1nnc(SCC(=O)Nc2ccc(SC(F)F)cc2)s1. The van der Waals surface area contributed by atoms with Crippen molar-refractivity contribution in [2.24, 2.45) is 0 Å². The van der Waals surface area contributed by atoms with Crippen molar-refractivity contribution in [2.75, 3.05) is 36.6 Å². The lowest BCUT2D eigenvalue weighted by atomic mass is 10.3. The maximum absolute atomic E-state index is 12.3. The summed E-state index contributed by atoms with van der Waals surface area (Å²) in [6.45, 7) is 1.20. The van der Waals surface area contributed by atoms with Crippen molar-refractivity contribution in [1.82, 2.24) is 10.2 Å². The average molecular weight is 407 g/mol. The Morgan fingerprint density at radius 1 is 1.32 bits per heavy atom. The molecule has 0 fully saturated rings. The molecule has 25 heavy (non-hydrogen) atoms. The van der Waals surface area contributed by atoms with Gasteiger partial charge in [-0.25, -0.2) is 0 Å². The first-order valence-electron chi connectivity index (χ1n) is 7.10. The van der Waals surface area contributed by atoms with E-state index in [0.717, 1.165) is 0 Å². The van der Waals surface area contributed by atoms with Crippen LogP contribution in [0.1, 0.15) is 0 Å². The molecule has 2 rings (SSSR count). The van der Waals surface area contributed by atoms with Crippen LogP contribution >= 0.6 is 34.9 Å². The predicted molar refractivity (Wildman–Crippen MR) is 97.9 cm³/mol. The van der Waals surface area contributed by atoms with Gasteiger partial charge in [-0.3, -0.25) is 4.79 Å². The van der Waals surface area contributed by atoms with E-state index < -0.39 is 5.76 Å². The first-order chi connectivity index (χ1) is 12.1. The number of rotatable bonds is 10. The number of amides is 1. The minimum atomic E-state index is -2.46. The van der Waals surface area contributed by atoms with E-state index >= 15 is 0 Å². The number of carbonyl (C=O) groups is 1. The summed E-state index contributed by atoms with van der Waals surface area (Å²) in [5.74, 6) is -2.48. The van der Waals surface area contributed by atoms with Crippen molar-refractivity contribution in [3.63, 3.8) is 0 Å². The molecule has 0 spiro atoms. The van der Waals surface area contributed by atoms with Crippen LogP contribution < -0.4 is 10.6 Å². The number of hydrogen-bond donors (Lipinski definition) is 2. The second-order valence-electron chi connectivity index (χ2n) is 4.53. The Morgan fingerprint density at radius 3 is 2.76 bits per heavy atom. The lowest BCUT2D eigenvalue weighted by Gasteiger charge is -2.05. The van der Waals surface area contributed by atoms with Crippen LogP contribution in [0.2, 0.25) is 0 Å². The molecule has 1 aromatic carbocycles. The summed E-state index contributed by atoms with van der Waals surface area (Å²) in [6, 6.07) is 6.27. The fraction of sp³-hybridized carbons (Fsp3) is 0.357. The highest BCUT2D eigenvalue weighted by Crippen LogP contribution is 2.27. The number of alkyl halides is 2. The molecule has 1 heterocycles. The first-order valence-corrected chi connectivity index (χ1v) is 9.79. The number of ether oxygens (including phenoxy) is 1. The van der Waals surface area contributed by atoms with E-state index in [9.17, 15) is 13.6 Å². The summed E-state index contributed by atoms with van der Waals surface area (Å²) < 4.78 is 30.1. The Kier molecular flexibility index (Phi) is 8.38. The number of thioether (sulfide) groups is 2. The number of halogens is 2. The number of methoxy groups -OCH3 is 1. The van der Waals surface area contributed by atoms with E-state index in [1.165, 1.54) is 23.1 Å². The molecule has 1 amide bonds. The molecule has 0 unspecified atom stereocenters. The number of nitrogens with one attached hydrogen (secondary N) is 2. The van der Waals surface area contributed by atoms with Crippen LogP contribution in [0.25, 0.3) is 0 Å². The fourth-order valence-corrected chi connectivity index (χ4v) is 3.72. The number of benzene rings is 1. The minimum absolute atomic E-state index is 0.181. The Morgan fingerprint density at radius 2 is 2.08 bits per heavy atom. The zero-order valence-corrected chi connectivity index (χ0v) is 15.6. The van der Waals surface area contributed by atoms with E-state index in [1.807, 2.05) is 0 Å². The van der Waals surface area contributed by atoms with E-state index in [1.54, 1.807) is 31.4 Å². The highest BCUT2D eigenvalue weighted by atomic mass is 32.2. The quantitative estimate of drug-likeness (QED) is 0.461. The highest BCUT2D eigenvalue weighted by molar-refractivity contribution is 8.01. The van der Waals surface area contributed by atoms with Crippen molar-refractivity contribution in [2.45, 2.75) is 15.0 Å². The maximum Gasteiger partial charge on any atom is 0.288 e. The third kappa shape index (κ3) is 7.55. The van der Waals surface area contributed by atoms with Gasteiger partial charge in [0.15, 0.2) is 4.34 Å². The summed E-state index contributed by atoms with van der Waals surface area (Å²) in [4.78, 5) is 12.4. The Balaban J connectivity index is 1.75. The fourth-order valence-electron chi connectivity index (χ4n) is 1.64. The van der Waals surface area contributed by atoms with Crippen LogP contribution in [-0.2, 0) is 9.53 Å². The standard InChI is InChI=1S/C14H16F2N4O2S3/c1-22-7-6-17-13-19-20-14(25-13)23-8-11(21)18-9-2-4-10(5-3-9)24-12(15)16/h2-5,12H,6-8H2,1H3,(H,17,19)(H,18,21). The zero-order chi connectivity index (χ0) is 18.1. The van der Waals surface area contributed by atoms with Crippen LogP contribution in [0.15, 0.2) is 33.5 Å². The van der Waals surface area contributed by atoms with Crippen molar-refractivity contribution in [1.29, 1.82) is 0 Å². The molecule has 0 aliphatic carbocycles. The molecule has 0 aliphatic rings. The van der Waals surface area contributed by atoms with Gasteiger partial charge in [0.2, 0.25) is 11.0 Å². The van der Waals surface area contributed by atoms with Gasteiger partial charge in [-0.05, 0) is 24.3 Å². The second kappa shape index (κ2) is 10.5. The van der Waals surface area contributed by atoms with Gasteiger partial charge in [-0.2, -0.15) is 8.78 Å². The summed E-state index contributed by atoms with van der Waals surface area (Å²) in [5, 5.41) is 14.4. The highest BCUT2D eigenvalue weighted by Gasteiger charge is 2.09. The predicted octanol–water partition coefficient (Wildman–Crippen LogP) is 3.64. The monoisotopic (exact) mass is 406 g/mol. The number of nitrogens with zero attached hydrogens (tertiary/aromatic N) is 2. The summed E-state index contributed by atoms with van der Waals surface area (Å²) in [5.41, 5.74) is 0.559. The van der Waals surface area contributed by atoms with Crippen molar-refractivity contribution >= 4 is 51.6 Å². The molecule has 0 atom stereocenters. The summed E-state index contributed by atoms with van der Waals surface area (Å²) in [6.07, 6.45) is 0. The molecule has 0 bridgehead atoms. The number of hydrogen-bond acceptors (Lipinski definition) is 8. The van der Waals surface area contributed by atoms with Gasteiger partial charge >= 0.3 is 0 Å². The lowest BCUT2D eigenvalue weighted by molar-refractivity contribution is -0.113. The topological polar surface area (TPSA) is 76.1 Å². The minimum Gasteiger partial charge on any atom is -0.383 e. The molecule has 0 aliphatic heterocycles. The van der Waals surface area contributed by atoms with Gasteiger partial charge in [0.05, 0.1) is 12.4 Å². The third-order valence-corrected chi connectivity index (χ3v) is 5.42. The third-order valence-electron chi connectivity index (χ3n) is 2.68. The Hall–Kier alpha value is -1.43. The summed E-state index contributed by atoms with van der Waals surface area (Å²) >= 11 is 3.10. The second-order valence-corrected chi connectivity index (χ2v) is 7.80. The van der Waals surface area contributed by atoms with E-state index in [4.69, 9.17) is 4.74 Å². The van der Waals surface area contributed by atoms with Crippen molar-refractivity contribution in [3.8, 4) is 0 Å². The van der Waals surface area contributed by atoms with Gasteiger partial charge < -0.3 is 15.4 Å². The molecule has 6 nitrogen and oxygen atoms in total. The van der Waals surface area contributed by atoms with Crippen molar-refractivity contribution < 1.29 is 18.3 Å². The lowest BCUT2D eigenvalue weighted by Crippen LogP contribution is -2.13. The molecule has 136 valence electrons. The number of carbonyl (C=O) groups excluding carboxylic acids is 1. The van der Waals surface area contributed by atoms with Crippen LogP contribution in [0.4, 0.5) is 19.6 Å². The molecule has 0 saturated heterocycles. The largest absolute Gasteiger partial charge is 0.383 e. The Labute approximate surface area is 156 Å². The molecule has 0 radical (unpaired) electrons. The Bertz CT molecular complexity index is 670. The number of aromatic nitrogens is 2. The summed E-state index contributed by atoms with van der Waals surface area (Å²) in [7, 11) is 1.62.